The van der Waals surface area contributed by atoms with Crippen molar-refractivity contribution in [2.45, 2.75) is 18.9 Å². The highest BCUT2D eigenvalue weighted by Gasteiger charge is 2.30. The molecule has 2 aliphatic heterocycles. The van der Waals surface area contributed by atoms with E-state index in [1.165, 1.54) is 10.4 Å². The summed E-state index contributed by atoms with van der Waals surface area (Å²) in [6.45, 7) is 2.80. The summed E-state index contributed by atoms with van der Waals surface area (Å²) in [5.41, 5.74) is 1.48. The molecule has 3 rings (SSSR count). The van der Waals surface area contributed by atoms with Crippen LogP contribution in [0.15, 0.2) is 11.4 Å². The monoisotopic (exact) mass is 222 g/mol. The van der Waals surface area contributed by atoms with Crippen LogP contribution < -0.4 is 5.32 Å². The third-order valence-corrected chi connectivity index (χ3v) is 4.37. The summed E-state index contributed by atoms with van der Waals surface area (Å²) in [5, 5.41) is 5.17. The van der Waals surface area contributed by atoms with Crippen LogP contribution in [0.3, 0.4) is 0 Å². The number of hydrogen-bond acceptors (Lipinski definition) is 3. The van der Waals surface area contributed by atoms with E-state index in [0.29, 0.717) is 12.5 Å². The summed E-state index contributed by atoms with van der Waals surface area (Å²) in [6.07, 6.45) is 1.79. The second-order valence-corrected chi connectivity index (χ2v) is 5.11. The zero-order valence-corrected chi connectivity index (χ0v) is 9.35. The second kappa shape index (κ2) is 3.61. The first-order valence-electron chi connectivity index (χ1n) is 5.41. The number of hydrogen-bond donors (Lipinski definition) is 1. The van der Waals surface area contributed by atoms with Gasteiger partial charge in [0.25, 0.3) is 0 Å². The van der Waals surface area contributed by atoms with Gasteiger partial charge in [0.2, 0.25) is 5.91 Å². The van der Waals surface area contributed by atoms with Crippen molar-refractivity contribution in [2.24, 2.45) is 0 Å². The SMILES string of the molecule is O=C1CCN2CCc3ccsc3C2CN1. The van der Waals surface area contributed by atoms with Gasteiger partial charge in [0.05, 0.1) is 6.04 Å². The molecule has 1 aromatic rings. The highest BCUT2D eigenvalue weighted by Crippen LogP contribution is 2.34. The molecule has 0 radical (unpaired) electrons. The van der Waals surface area contributed by atoms with E-state index in [4.69, 9.17) is 0 Å². The quantitative estimate of drug-likeness (QED) is 0.714. The first kappa shape index (κ1) is 9.36. The van der Waals surface area contributed by atoms with Gasteiger partial charge in [-0.15, -0.1) is 11.3 Å². The average Bonchev–Trinajstić information content (AvgIpc) is 2.64. The number of nitrogens with one attached hydrogen (secondary N) is 1. The van der Waals surface area contributed by atoms with Gasteiger partial charge in [-0.25, -0.2) is 0 Å². The summed E-state index contributed by atoms with van der Waals surface area (Å²) in [5.74, 6) is 0.197. The lowest BCUT2D eigenvalue weighted by atomic mass is 10.0. The van der Waals surface area contributed by atoms with Crippen LogP contribution in [0.1, 0.15) is 22.9 Å². The topological polar surface area (TPSA) is 32.3 Å². The summed E-state index contributed by atoms with van der Waals surface area (Å²) >= 11 is 1.83. The van der Waals surface area contributed by atoms with E-state index in [2.05, 4.69) is 21.7 Å². The number of carbonyl (C=O) groups excluding carboxylic acids is 1. The smallest absolute Gasteiger partial charge is 0.221 e. The molecule has 3 nitrogen and oxygen atoms in total. The molecule has 80 valence electrons. The van der Waals surface area contributed by atoms with Gasteiger partial charge in [-0.2, -0.15) is 0 Å². The van der Waals surface area contributed by atoms with Gasteiger partial charge < -0.3 is 5.32 Å². The minimum atomic E-state index is 0.197. The first-order valence-corrected chi connectivity index (χ1v) is 6.29. The lowest BCUT2D eigenvalue weighted by Crippen LogP contribution is -2.37. The van der Waals surface area contributed by atoms with Crippen LogP contribution in [0.25, 0.3) is 0 Å². The summed E-state index contributed by atoms with van der Waals surface area (Å²) in [7, 11) is 0. The van der Waals surface area contributed by atoms with Gasteiger partial charge in [0, 0.05) is 30.9 Å². The molecule has 1 N–H and O–H groups in total. The molecule has 15 heavy (non-hydrogen) atoms. The van der Waals surface area contributed by atoms with Gasteiger partial charge in [-0.1, -0.05) is 0 Å². The number of amides is 1. The third-order valence-electron chi connectivity index (χ3n) is 3.31. The largest absolute Gasteiger partial charge is 0.354 e. The standard InChI is InChI=1S/C11H14N2OS/c14-10-2-5-13-4-1-8-3-6-15-11(8)9(13)7-12-10/h3,6,9H,1-2,4-5,7H2,(H,12,14). The van der Waals surface area contributed by atoms with Gasteiger partial charge in [0.15, 0.2) is 0 Å². The van der Waals surface area contributed by atoms with Crippen molar-refractivity contribution in [3.05, 3.63) is 21.9 Å². The maximum absolute atomic E-state index is 11.3. The Labute approximate surface area is 93.1 Å². The maximum atomic E-state index is 11.3. The molecule has 4 heteroatoms. The third kappa shape index (κ3) is 1.58. The van der Waals surface area contributed by atoms with Crippen LogP contribution >= 0.6 is 11.3 Å². The first-order chi connectivity index (χ1) is 7.34. The summed E-state index contributed by atoms with van der Waals surface area (Å²) < 4.78 is 0. The van der Waals surface area contributed by atoms with Gasteiger partial charge in [-0.05, 0) is 23.4 Å². The van der Waals surface area contributed by atoms with E-state index in [1.54, 1.807) is 0 Å². The Balaban J connectivity index is 1.92. The second-order valence-electron chi connectivity index (χ2n) is 4.17. The molecular formula is C11H14N2OS. The normalized spacial score (nSPS) is 26.4. The predicted octanol–water partition coefficient (Wildman–Crippen LogP) is 1.17. The Morgan fingerprint density at radius 1 is 1.40 bits per heavy atom. The van der Waals surface area contributed by atoms with Crippen molar-refractivity contribution in [2.75, 3.05) is 19.6 Å². The zero-order chi connectivity index (χ0) is 10.3. The molecule has 1 unspecified atom stereocenters. The van der Waals surface area contributed by atoms with Gasteiger partial charge in [0.1, 0.15) is 0 Å². The van der Waals surface area contributed by atoms with Crippen LogP contribution in [0.4, 0.5) is 0 Å². The molecule has 1 atom stereocenters. The Morgan fingerprint density at radius 2 is 2.27 bits per heavy atom. The van der Waals surface area contributed by atoms with Crippen LogP contribution in [-0.4, -0.2) is 30.4 Å². The van der Waals surface area contributed by atoms with Crippen molar-refractivity contribution in [1.82, 2.24) is 10.2 Å². The lowest BCUT2D eigenvalue weighted by Gasteiger charge is -2.33. The molecule has 1 amide bonds. The predicted molar refractivity (Wildman–Crippen MR) is 60.0 cm³/mol. The number of thiophene rings is 1. The van der Waals surface area contributed by atoms with E-state index in [-0.39, 0.29) is 5.91 Å². The highest BCUT2D eigenvalue weighted by atomic mass is 32.1. The molecule has 0 aliphatic carbocycles. The fourth-order valence-corrected chi connectivity index (χ4v) is 3.56. The highest BCUT2D eigenvalue weighted by molar-refractivity contribution is 7.10. The van der Waals surface area contributed by atoms with E-state index in [0.717, 1.165) is 26.1 Å². The van der Waals surface area contributed by atoms with Crippen molar-refractivity contribution < 1.29 is 4.79 Å². The van der Waals surface area contributed by atoms with Crippen molar-refractivity contribution in [3.63, 3.8) is 0 Å². The average molecular weight is 222 g/mol. The zero-order valence-electron chi connectivity index (χ0n) is 8.53. The molecular weight excluding hydrogens is 208 g/mol. The van der Waals surface area contributed by atoms with Crippen LogP contribution in [0, 0.1) is 0 Å². The molecule has 1 aromatic heterocycles. The van der Waals surface area contributed by atoms with Crippen molar-refractivity contribution >= 4 is 17.2 Å². The minimum Gasteiger partial charge on any atom is -0.354 e. The van der Waals surface area contributed by atoms with Crippen LogP contribution in [-0.2, 0) is 11.2 Å². The van der Waals surface area contributed by atoms with E-state index >= 15 is 0 Å². The maximum Gasteiger partial charge on any atom is 0.221 e. The molecule has 3 heterocycles. The number of nitrogens with zero attached hydrogens (tertiary/aromatic N) is 1. The van der Waals surface area contributed by atoms with E-state index in [1.807, 2.05) is 11.3 Å². The fraction of sp³-hybridized carbons (Fsp3) is 0.545. The van der Waals surface area contributed by atoms with E-state index < -0.39 is 0 Å². The Hall–Kier alpha value is -0.870. The Morgan fingerprint density at radius 3 is 3.20 bits per heavy atom. The Bertz CT molecular complexity index is 388. The molecule has 0 spiro atoms. The number of rotatable bonds is 0. The summed E-state index contributed by atoms with van der Waals surface area (Å²) in [6, 6.07) is 2.66. The van der Waals surface area contributed by atoms with Crippen molar-refractivity contribution in [3.8, 4) is 0 Å². The van der Waals surface area contributed by atoms with Gasteiger partial charge >= 0.3 is 0 Å². The van der Waals surface area contributed by atoms with Crippen LogP contribution in [0.5, 0.6) is 0 Å². The molecule has 0 aromatic carbocycles. The molecule has 1 fully saturated rings. The lowest BCUT2D eigenvalue weighted by molar-refractivity contribution is -0.120. The van der Waals surface area contributed by atoms with E-state index in [9.17, 15) is 4.79 Å². The van der Waals surface area contributed by atoms with Crippen LogP contribution in [0.2, 0.25) is 0 Å². The van der Waals surface area contributed by atoms with Gasteiger partial charge in [-0.3, -0.25) is 9.69 Å². The molecule has 2 aliphatic rings. The fourth-order valence-electron chi connectivity index (χ4n) is 2.47. The van der Waals surface area contributed by atoms with Crippen molar-refractivity contribution in [1.29, 1.82) is 0 Å². The Kier molecular flexibility index (Phi) is 2.25. The molecule has 0 bridgehead atoms. The molecule has 0 saturated carbocycles. The minimum absolute atomic E-state index is 0.197. The molecule has 1 saturated heterocycles. The number of carbonyl (C=O) groups is 1. The summed E-state index contributed by atoms with van der Waals surface area (Å²) in [4.78, 5) is 15.2. The number of fused-ring (bicyclic) bond motifs is 3.